The molecule has 0 saturated heterocycles. The Morgan fingerprint density at radius 2 is 2.06 bits per heavy atom. The summed E-state index contributed by atoms with van der Waals surface area (Å²) in [4.78, 5) is 4.02. The molecule has 0 atom stereocenters. The van der Waals surface area contributed by atoms with E-state index in [2.05, 4.69) is 4.98 Å². The number of nitrogens with zero attached hydrogens (tertiary/aromatic N) is 1. The molecule has 0 aliphatic rings. The zero-order valence-corrected chi connectivity index (χ0v) is 9.52. The quantitative estimate of drug-likeness (QED) is 0.672. The van der Waals surface area contributed by atoms with Gasteiger partial charge in [-0.05, 0) is 6.07 Å². The van der Waals surface area contributed by atoms with Crippen molar-refractivity contribution in [2.75, 3.05) is 39.3 Å². The summed E-state index contributed by atoms with van der Waals surface area (Å²) >= 11 is 0. The first kappa shape index (κ1) is 12.7. The Balaban J connectivity index is 2.03. The molecule has 2 N–H and O–H groups in total. The number of methoxy groups -OCH3 is 1. The maximum Gasteiger partial charge on any atom is 0.215 e. The van der Waals surface area contributed by atoms with E-state index in [0.29, 0.717) is 38.1 Å². The summed E-state index contributed by atoms with van der Waals surface area (Å²) in [6.45, 7) is 2.47. The average Bonchev–Trinajstić information content (AvgIpc) is 2.28. The van der Waals surface area contributed by atoms with E-state index in [4.69, 9.17) is 19.9 Å². The molecule has 0 aromatic carbocycles. The maximum absolute atomic E-state index is 5.51. The third kappa shape index (κ3) is 5.53. The van der Waals surface area contributed by atoms with Crippen LogP contribution >= 0.6 is 0 Å². The number of nitrogens with two attached hydrogens (primary N) is 1. The van der Waals surface area contributed by atoms with E-state index >= 15 is 0 Å². The summed E-state index contributed by atoms with van der Waals surface area (Å²) in [5.41, 5.74) is 5.51. The van der Waals surface area contributed by atoms with Crippen molar-refractivity contribution in [1.82, 2.24) is 4.98 Å². The molecule has 0 radical (unpaired) electrons. The highest BCUT2D eigenvalue weighted by Crippen LogP contribution is 2.08. The van der Waals surface area contributed by atoms with E-state index in [1.807, 2.05) is 6.07 Å². The first-order chi connectivity index (χ1) is 7.83. The maximum atomic E-state index is 5.51. The Morgan fingerprint density at radius 3 is 2.81 bits per heavy atom. The topological polar surface area (TPSA) is 66.6 Å². The fraction of sp³-hybridized carbons (Fsp3) is 0.545. The number of hydrogen-bond donors (Lipinski definition) is 1. The highest BCUT2D eigenvalue weighted by molar-refractivity contribution is 5.30. The molecule has 0 fully saturated rings. The molecule has 0 aliphatic carbocycles. The lowest BCUT2D eigenvalue weighted by Gasteiger charge is -2.06. The molecule has 0 amide bonds. The predicted octanol–water partition coefficient (Wildman–Crippen LogP) is 1.10. The monoisotopic (exact) mass is 226 g/mol. The normalized spacial score (nSPS) is 10.3. The van der Waals surface area contributed by atoms with Crippen molar-refractivity contribution >= 4 is 5.82 Å². The predicted molar refractivity (Wildman–Crippen MR) is 61.5 cm³/mol. The number of ether oxygens (including phenoxy) is 3. The Bertz CT molecular complexity index is 294. The van der Waals surface area contributed by atoms with E-state index in [9.17, 15) is 0 Å². The van der Waals surface area contributed by atoms with Crippen molar-refractivity contribution in [1.29, 1.82) is 0 Å². The van der Waals surface area contributed by atoms with Crippen molar-refractivity contribution in [2.45, 2.75) is 6.42 Å². The number of hydrogen-bond acceptors (Lipinski definition) is 5. The molecule has 0 bridgehead atoms. The fourth-order valence-corrected chi connectivity index (χ4v) is 1.09. The van der Waals surface area contributed by atoms with Crippen LogP contribution in [0.4, 0.5) is 5.82 Å². The smallest absolute Gasteiger partial charge is 0.215 e. The van der Waals surface area contributed by atoms with Crippen molar-refractivity contribution in [3.63, 3.8) is 0 Å². The van der Waals surface area contributed by atoms with Gasteiger partial charge in [0.1, 0.15) is 5.82 Å². The number of nitrogen functional groups attached to an aromatic ring is 1. The first-order valence-corrected chi connectivity index (χ1v) is 5.25. The molecule has 5 heteroatoms. The summed E-state index contributed by atoms with van der Waals surface area (Å²) < 4.78 is 15.5. The van der Waals surface area contributed by atoms with Crippen LogP contribution in [-0.2, 0) is 9.47 Å². The third-order valence-electron chi connectivity index (χ3n) is 1.86. The van der Waals surface area contributed by atoms with Crippen LogP contribution in [-0.4, -0.2) is 38.5 Å². The van der Waals surface area contributed by atoms with Crippen LogP contribution in [0.5, 0.6) is 5.88 Å². The van der Waals surface area contributed by atoms with Crippen LogP contribution in [0.1, 0.15) is 6.42 Å². The van der Waals surface area contributed by atoms with Gasteiger partial charge in [-0.15, -0.1) is 0 Å². The summed E-state index contributed by atoms with van der Waals surface area (Å²) in [6.07, 6.45) is 0.820. The van der Waals surface area contributed by atoms with E-state index in [1.165, 1.54) is 0 Å². The van der Waals surface area contributed by atoms with Crippen LogP contribution in [0.15, 0.2) is 18.2 Å². The Hall–Kier alpha value is -1.33. The van der Waals surface area contributed by atoms with Gasteiger partial charge in [0, 0.05) is 26.2 Å². The van der Waals surface area contributed by atoms with Gasteiger partial charge in [0.25, 0.3) is 0 Å². The number of pyridine rings is 1. The molecule has 1 aromatic rings. The fourth-order valence-electron chi connectivity index (χ4n) is 1.09. The van der Waals surface area contributed by atoms with Crippen molar-refractivity contribution in [2.24, 2.45) is 0 Å². The minimum atomic E-state index is 0.467. The second-order valence-corrected chi connectivity index (χ2v) is 3.21. The van der Waals surface area contributed by atoms with Gasteiger partial charge in [-0.1, -0.05) is 6.07 Å². The zero-order chi connectivity index (χ0) is 11.6. The van der Waals surface area contributed by atoms with Gasteiger partial charge < -0.3 is 19.9 Å². The van der Waals surface area contributed by atoms with Gasteiger partial charge in [0.15, 0.2) is 0 Å². The SMILES string of the molecule is COCCOCCCOc1cccc(N)n1. The summed E-state index contributed by atoms with van der Waals surface area (Å²) in [5, 5.41) is 0. The first-order valence-electron chi connectivity index (χ1n) is 5.25. The van der Waals surface area contributed by atoms with Crippen molar-refractivity contribution in [3.8, 4) is 5.88 Å². The van der Waals surface area contributed by atoms with E-state index < -0.39 is 0 Å². The second-order valence-electron chi connectivity index (χ2n) is 3.21. The zero-order valence-electron chi connectivity index (χ0n) is 9.52. The molecular weight excluding hydrogens is 208 g/mol. The molecule has 16 heavy (non-hydrogen) atoms. The third-order valence-corrected chi connectivity index (χ3v) is 1.86. The lowest BCUT2D eigenvalue weighted by atomic mass is 10.4. The molecule has 0 unspecified atom stereocenters. The van der Waals surface area contributed by atoms with Crippen LogP contribution < -0.4 is 10.5 Å². The Labute approximate surface area is 95.5 Å². The van der Waals surface area contributed by atoms with Gasteiger partial charge in [0.2, 0.25) is 5.88 Å². The van der Waals surface area contributed by atoms with E-state index in [0.717, 1.165) is 6.42 Å². The average molecular weight is 226 g/mol. The van der Waals surface area contributed by atoms with Crippen LogP contribution in [0.3, 0.4) is 0 Å². The van der Waals surface area contributed by atoms with Crippen molar-refractivity contribution in [3.05, 3.63) is 18.2 Å². The van der Waals surface area contributed by atoms with Crippen LogP contribution in [0.2, 0.25) is 0 Å². The largest absolute Gasteiger partial charge is 0.478 e. The number of anilines is 1. The highest BCUT2D eigenvalue weighted by Gasteiger charge is 1.95. The Morgan fingerprint density at radius 1 is 1.19 bits per heavy atom. The minimum absolute atomic E-state index is 0.467. The minimum Gasteiger partial charge on any atom is -0.478 e. The molecule has 5 nitrogen and oxygen atoms in total. The molecule has 0 spiro atoms. The molecule has 0 aliphatic heterocycles. The van der Waals surface area contributed by atoms with E-state index in [-0.39, 0.29) is 0 Å². The lowest BCUT2D eigenvalue weighted by Crippen LogP contribution is -2.07. The van der Waals surface area contributed by atoms with Gasteiger partial charge >= 0.3 is 0 Å². The van der Waals surface area contributed by atoms with Gasteiger partial charge in [-0.25, -0.2) is 0 Å². The summed E-state index contributed by atoms with van der Waals surface area (Å²) in [5.74, 6) is 1.02. The van der Waals surface area contributed by atoms with Crippen LogP contribution in [0, 0.1) is 0 Å². The van der Waals surface area contributed by atoms with Crippen LogP contribution in [0.25, 0.3) is 0 Å². The Kier molecular flexibility index (Phi) is 6.29. The number of rotatable bonds is 8. The molecule has 1 heterocycles. The summed E-state index contributed by atoms with van der Waals surface area (Å²) in [6, 6.07) is 5.32. The van der Waals surface area contributed by atoms with E-state index in [1.54, 1.807) is 19.2 Å². The molecular formula is C11H18N2O3. The second kappa shape index (κ2) is 7.90. The lowest BCUT2D eigenvalue weighted by molar-refractivity contribution is 0.0642. The molecule has 1 aromatic heterocycles. The standard InChI is InChI=1S/C11H18N2O3/c1-14-8-9-15-6-3-7-16-11-5-2-4-10(12)13-11/h2,4-5H,3,6-9H2,1H3,(H2,12,13). The van der Waals surface area contributed by atoms with Crippen molar-refractivity contribution < 1.29 is 14.2 Å². The molecule has 1 rings (SSSR count). The van der Waals surface area contributed by atoms with Gasteiger partial charge in [-0.2, -0.15) is 4.98 Å². The molecule has 90 valence electrons. The van der Waals surface area contributed by atoms with Gasteiger partial charge in [-0.3, -0.25) is 0 Å². The molecule has 0 saturated carbocycles. The highest BCUT2D eigenvalue weighted by atomic mass is 16.5. The summed E-state index contributed by atoms with van der Waals surface area (Å²) in [7, 11) is 1.65. The van der Waals surface area contributed by atoms with Gasteiger partial charge in [0.05, 0.1) is 19.8 Å². The number of aromatic nitrogens is 1.